The van der Waals surface area contributed by atoms with E-state index >= 15 is 0 Å². The smallest absolute Gasteiger partial charge is 0.220 e. The molecule has 0 aromatic heterocycles. The molecule has 1 atom stereocenters. The Morgan fingerprint density at radius 3 is 3.06 bits per heavy atom. The molecule has 1 aliphatic rings. The van der Waals surface area contributed by atoms with Crippen molar-refractivity contribution in [3.05, 3.63) is 29.6 Å². The van der Waals surface area contributed by atoms with Gasteiger partial charge in [-0.05, 0) is 37.5 Å². The van der Waals surface area contributed by atoms with Crippen molar-refractivity contribution in [2.24, 2.45) is 0 Å². The first-order valence-electron chi connectivity index (χ1n) is 5.94. The predicted molar refractivity (Wildman–Crippen MR) is 65.4 cm³/mol. The fourth-order valence-electron chi connectivity index (χ4n) is 2.04. The first-order valence-corrected chi connectivity index (χ1v) is 5.94. The van der Waals surface area contributed by atoms with E-state index in [1.165, 1.54) is 6.07 Å². The molecule has 1 aliphatic heterocycles. The van der Waals surface area contributed by atoms with Gasteiger partial charge in [-0.25, -0.2) is 4.39 Å². The number of carbonyl (C=O) groups excluding carboxylic acids is 1. The minimum absolute atomic E-state index is 0.0824. The van der Waals surface area contributed by atoms with Gasteiger partial charge in [-0.1, -0.05) is 6.07 Å². The number of anilines is 1. The van der Waals surface area contributed by atoms with E-state index in [1.807, 2.05) is 6.92 Å². The van der Waals surface area contributed by atoms with Crippen LogP contribution in [0.1, 0.15) is 24.8 Å². The van der Waals surface area contributed by atoms with Crippen LogP contribution in [0.5, 0.6) is 0 Å². The van der Waals surface area contributed by atoms with E-state index in [9.17, 15) is 9.18 Å². The van der Waals surface area contributed by atoms with Crippen LogP contribution < -0.4 is 10.6 Å². The Balaban J connectivity index is 2.04. The SMILES string of the molecule is Cc1ccc(F)c(N[C@@H]2CCNC(=O)CC2)c1. The van der Waals surface area contributed by atoms with Crippen molar-refractivity contribution in [3.8, 4) is 0 Å². The van der Waals surface area contributed by atoms with Gasteiger partial charge in [0.15, 0.2) is 0 Å². The van der Waals surface area contributed by atoms with Crippen molar-refractivity contribution in [2.45, 2.75) is 32.2 Å². The van der Waals surface area contributed by atoms with Gasteiger partial charge in [-0.3, -0.25) is 4.79 Å². The number of nitrogens with one attached hydrogen (secondary N) is 2. The minimum atomic E-state index is -0.237. The molecule has 0 saturated carbocycles. The highest BCUT2D eigenvalue weighted by atomic mass is 19.1. The molecule has 0 unspecified atom stereocenters. The molecule has 1 amide bonds. The first-order chi connectivity index (χ1) is 8.15. The summed E-state index contributed by atoms with van der Waals surface area (Å²) in [7, 11) is 0. The van der Waals surface area contributed by atoms with Gasteiger partial charge in [0.2, 0.25) is 5.91 Å². The normalized spacial score (nSPS) is 20.6. The van der Waals surface area contributed by atoms with Gasteiger partial charge in [0, 0.05) is 19.0 Å². The number of rotatable bonds is 2. The predicted octanol–water partition coefficient (Wildman–Crippen LogP) is 2.21. The Labute approximate surface area is 100 Å². The van der Waals surface area contributed by atoms with E-state index in [0.29, 0.717) is 18.7 Å². The van der Waals surface area contributed by atoms with Crippen molar-refractivity contribution in [2.75, 3.05) is 11.9 Å². The maximum absolute atomic E-state index is 13.6. The maximum Gasteiger partial charge on any atom is 0.220 e. The first kappa shape index (κ1) is 11.9. The molecule has 1 aromatic carbocycles. The third-order valence-corrected chi connectivity index (χ3v) is 3.02. The average Bonchev–Trinajstić information content (AvgIpc) is 2.49. The number of carbonyl (C=O) groups is 1. The zero-order valence-corrected chi connectivity index (χ0v) is 9.92. The second-order valence-electron chi connectivity index (χ2n) is 4.50. The molecule has 17 heavy (non-hydrogen) atoms. The van der Waals surface area contributed by atoms with E-state index in [0.717, 1.165) is 18.4 Å². The molecule has 0 bridgehead atoms. The van der Waals surface area contributed by atoms with E-state index in [1.54, 1.807) is 12.1 Å². The topological polar surface area (TPSA) is 41.1 Å². The summed E-state index contributed by atoms with van der Waals surface area (Å²) < 4.78 is 13.6. The van der Waals surface area contributed by atoms with Gasteiger partial charge >= 0.3 is 0 Å². The Morgan fingerprint density at radius 2 is 2.24 bits per heavy atom. The molecule has 1 saturated heterocycles. The summed E-state index contributed by atoms with van der Waals surface area (Å²) in [6, 6.07) is 5.18. The highest BCUT2D eigenvalue weighted by molar-refractivity contribution is 5.76. The van der Waals surface area contributed by atoms with Crippen molar-refractivity contribution in [1.29, 1.82) is 0 Å². The molecular weight excluding hydrogens is 219 g/mol. The lowest BCUT2D eigenvalue weighted by molar-refractivity contribution is -0.120. The third-order valence-electron chi connectivity index (χ3n) is 3.02. The number of benzene rings is 1. The van der Waals surface area contributed by atoms with E-state index in [4.69, 9.17) is 0 Å². The number of aryl methyl sites for hydroxylation is 1. The number of amides is 1. The van der Waals surface area contributed by atoms with Crippen LogP contribution >= 0.6 is 0 Å². The summed E-state index contributed by atoms with van der Waals surface area (Å²) in [6.45, 7) is 2.59. The Kier molecular flexibility index (Phi) is 3.61. The van der Waals surface area contributed by atoms with Crippen molar-refractivity contribution in [1.82, 2.24) is 5.32 Å². The largest absolute Gasteiger partial charge is 0.380 e. The van der Waals surface area contributed by atoms with Gasteiger partial charge in [0.25, 0.3) is 0 Å². The summed E-state index contributed by atoms with van der Waals surface area (Å²) in [6.07, 6.45) is 2.09. The molecule has 3 nitrogen and oxygen atoms in total. The number of hydrogen-bond donors (Lipinski definition) is 2. The second kappa shape index (κ2) is 5.17. The molecule has 1 heterocycles. The van der Waals surface area contributed by atoms with Crippen LogP contribution in [0.25, 0.3) is 0 Å². The Bertz CT molecular complexity index is 420. The summed E-state index contributed by atoms with van der Waals surface area (Å²) in [5, 5.41) is 6.00. The van der Waals surface area contributed by atoms with Crippen LogP contribution in [0, 0.1) is 12.7 Å². The summed E-state index contributed by atoms with van der Waals surface area (Å²) in [4.78, 5) is 11.2. The summed E-state index contributed by atoms with van der Waals surface area (Å²) >= 11 is 0. The number of halogens is 1. The molecule has 0 aliphatic carbocycles. The number of hydrogen-bond acceptors (Lipinski definition) is 2. The van der Waals surface area contributed by atoms with Gasteiger partial charge < -0.3 is 10.6 Å². The van der Waals surface area contributed by atoms with Gasteiger partial charge in [0.1, 0.15) is 5.82 Å². The molecule has 0 radical (unpaired) electrons. The Morgan fingerprint density at radius 1 is 1.41 bits per heavy atom. The van der Waals surface area contributed by atoms with Crippen molar-refractivity contribution >= 4 is 11.6 Å². The molecule has 4 heteroatoms. The third kappa shape index (κ3) is 3.19. The van der Waals surface area contributed by atoms with Crippen LogP contribution in [0.2, 0.25) is 0 Å². The monoisotopic (exact) mass is 236 g/mol. The fourth-order valence-corrected chi connectivity index (χ4v) is 2.04. The molecule has 0 spiro atoms. The maximum atomic E-state index is 13.6. The average molecular weight is 236 g/mol. The van der Waals surface area contributed by atoms with Crippen LogP contribution in [-0.4, -0.2) is 18.5 Å². The molecule has 1 aromatic rings. The minimum Gasteiger partial charge on any atom is -0.380 e. The molecule has 92 valence electrons. The second-order valence-corrected chi connectivity index (χ2v) is 4.50. The van der Waals surface area contributed by atoms with E-state index in [2.05, 4.69) is 10.6 Å². The lowest BCUT2D eigenvalue weighted by Crippen LogP contribution is -2.23. The zero-order valence-electron chi connectivity index (χ0n) is 9.92. The van der Waals surface area contributed by atoms with Crippen LogP contribution in [0.4, 0.5) is 10.1 Å². The van der Waals surface area contributed by atoms with Gasteiger partial charge in [-0.15, -0.1) is 0 Å². The molecular formula is C13H17FN2O. The van der Waals surface area contributed by atoms with E-state index < -0.39 is 0 Å². The summed E-state index contributed by atoms with van der Waals surface area (Å²) in [5.41, 5.74) is 1.56. The lowest BCUT2D eigenvalue weighted by atomic mass is 10.1. The standard InChI is InChI=1S/C13H17FN2O/c1-9-2-4-11(14)12(8-9)16-10-3-5-13(17)15-7-6-10/h2,4,8,10,16H,3,5-7H2,1H3,(H,15,17)/t10-/m0/s1. The molecule has 1 fully saturated rings. The van der Waals surface area contributed by atoms with E-state index in [-0.39, 0.29) is 17.8 Å². The van der Waals surface area contributed by atoms with Crippen LogP contribution in [0.15, 0.2) is 18.2 Å². The van der Waals surface area contributed by atoms with Crippen molar-refractivity contribution in [3.63, 3.8) is 0 Å². The molecule has 2 N–H and O–H groups in total. The van der Waals surface area contributed by atoms with Crippen molar-refractivity contribution < 1.29 is 9.18 Å². The quantitative estimate of drug-likeness (QED) is 0.826. The highest BCUT2D eigenvalue weighted by Crippen LogP contribution is 2.19. The highest BCUT2D eigenvalue weighted by Gasteiger charge is 2.16. The zero-order chi connectivity index (χ0) is 12.3. The fraction of sp³-hybridized carbons (Fsp3) is 0.462. The lowest BCUT2D eigenvalue weighted by Gasteiger charge is -2.17. The summed E-state index contributed by atoms with van der Waals surface area (Å²) in [5.74, 6) is -0.154. The molecule has 2 rings (SSSR count). The van der Waals surface area contributed by atoms with Crippen LogP contribution in [-0.2, 0) is 4.79 Å². The Hall–Kier alpha value is -1.58. The van der Waals surface area contributed by atoms with Gasteiger partial charge in [0.05, 0.1) is 5.69 Å². The van der Waals surface area contributed by atoms with Crippen LogP contribution in [0.3, 0.4) is 0 Å². The van der Waals surface area contributed by atoms with Gasteiger partial charge in [-0.2, -0.15) is 0 Å².